The molecule has 1 unspecified atom stereocenters. The molecule has 1 heterocycles. The number of guanidine groups is 1. The summed E-state index contributed by atoms with van der Waals surface area (Å²) in [7, 11) is 0. The molecule has 18 heavy (non-hydrogen) atoms. The normalized spacial score (nSPS) is 23.4. The Morgan fingerprint density at radius 3 is 2.61 bits per heavy atom. The Bertz CT molecular complexity index is 489. The Balaban J connectivity index is 2.28. The number of rotatable bonds is 2. The summed E-state index contributed by atoms with van der Waals surface area (Å²) in [6.07, 6.45) is -4.76. The Labute approximate surface area is 99.8 Å². The summed E-state index contributed by atoms with van der Waals surface area (Å²) in [6.45, 7) is 0. The Morgan fingerprint density at radius 1 is 1.33 bits per heavy atom. The van der Waals surface area contributed by atoms with Gasteiger partial charge >= 0.3 is 6.36 Å². The van der Waals surface area contributed by atoms with Gasteiger partial charge in [0.2, 0.25) is 11.7 Å². The Morgan fingerprint density at radius 2 is 2.06 bits per heavy atom. The molecule has 1 aromatic carbocycles. The molecule has 0 bridgehead atoms. The minimum atomic E-state index is -4.76. The molecule has 1 aromatic rings. The van der Waals surface area contributed by atoms with Gasteiger partial charge in [0.25, 0.3) is 0 Å². The Kier molecular flexibility index (Phi) is 2.79. The second kappa shape index (κ2) is 4.03. The number of nitrogens with two attached hydrogens (primary N) is 2. The summed E-state index contributed by atoms with van der Waals surface area (Å²) in [5.74, 6) is -1.76. The lowest BCUT2D eigenvalue weighted by molar-refractivity contribution is -0.274. The van der Waals surface area contributed by atoms with Crippen LogP contribution in [-0.4, -0.2) is 12.3 Å². The van der Waals surface area contributed by atoms with Gasteiger partial charge in [0.05, 0.1) is 0 Å². The van der Waals surface area contributed by atoms with Crippen molar-refractivity contribution in [2.24, 2.45) is 16.5 Å². The zero-order chi connectivity index (χ0) is 13.4. The molecule has 6 nitrogen and oxygen atoms in total. The summed E-state index contributed by atoms with van der Waals surface area (Å²) in [4.78, 5) is 3.84. The van der Waals surface area contributed by atoms with Gasteiger partial charge < -0.3 is 10.5 Å². The van der Waals surface area contributed by atoms with E-state index in [-0.39, 0.29) is 17.3 Å². The quantitative estimate of drug-likeness (QED) is 0.604. The van der Waals surface area contributed by atoms with E-state index in [1.807, 2.05) is 0 Å². The smallest absolute Gasteiger partial charge is 0.406 e. The van der Waals surface area contributed by atoms with E-state index in [0.717, 1.165) is 12.1 Å². The highest BCUT2D eigenvalue weighted by Crippen LogP contribution is 2.27. The van der Waals surface area contributed by atoms with Gasteiger partial charge in [-0.15, -0.1) is 13.2 Å². The fourth-order valence-electron chi connectivity index (χ4n) is 1.47. The molecular weight excluding hydrogens is 251 g/mol. The van der Waals surface area contributed by atoms with Gasteiger partial charge in [-0.3, -0.25) is 11.2 Å². The number of benzene rings is 1. The minimum Gasteiger partial charge on any atom is -0.406 e. The fourth-order valence-corrected chi connectivity index (χ4v) is 1.47. The molecule has 0 amide bonds. The van der Waals surface area contributed by atoms with Crippen molar-refractivity contribution in [1.82, 2.24) is 10.9 Å². The van der Waals surface area contributed by atoms with Crippen LogP contribution in [0.15, 0.2) is 29.3 Å². The summed E-state index contributed by atoms with van der Waals surface area (Å²) in [6, 6.07) is 5.16. The number of alkyl halides is 3. The van der Waals surface area contributed by atoms with E-state index in [0.29, 0.717) is 0 Å². The van der Waals surface area contributed by atoms with Crippen molar-refractivity contribution in [2.45, 2.75) is 12.1 Å². The number of aliphatic imine (C=N–C) groups is 1. The van der Waals surface area contributed by atoms with Crippen LogP contribution in [0.1, 0.15) is 5.56 Å². The number of hydrogen-bond donors (Lipinski definition) is 4. The van der Waals surface area contributed by atoms with Gasteiger partial charge in [0.1, 0.15) is 5.75 Å². The van der Waals surface area contributed by atoms with Gasteiger partial charge in [0.15, 0.2) is 0 Å². The van der Waals surface area contributed by atoms with Crippen LogP contribution >= 0.6 is 0 Å². The SMILES string of the molecule is NC1=NC(N)(c2cccc(OC(F)(F)F)c2)NN1. The molecule has 0 saturated heterocycles. The van der Waals surface area contributed by atoms with Crippen LogP contribution in [0.25, 0.3) is 0 Å². The number of nitrogens with one attached hydrogen (secondary N) is 2. The van der Waals surface area contributed by atoms with Crippen molar-refractivity contribution in [3.63, 3.8) is 0 Å². The lowest BCUT2D eigenvalue weighted by Gasteiger charge is -2.21. The summed E-state index contributed by atoms with van der Waals surface area (Å²) < 4.78 is 40.0. The summed E-state index contributed by atoms with van der Waals surface area (Å²) in [5, 5.41) is 0. The van der Waals surface area contributed by atoms with E-state index in [1.165, 1.54) is 12.1 Å². The predicted octanol–water partition coefficient (Wildman–Crippen LogP) is 0.0767. The lowest BCUT2D eigenvalue weighted by Crippen LogP contribution is -2.50. The van der Waals surface area contributed by atoms with E-state index in [4.69, 9.17) is 11.5 Å². The average Bonchev–Trinajstić information content (AvgIpc) is 2.58. The molecule has 1 aliphatic heterocycles. The van der Waals surface area contributed by atoms with Gasteiger partial charge in [0, 0.05) is 5.56 Å². The van der Waals surface area contributed by atoms with Gasteiger partial charge in [-0.2, -0.15) is 5.43 Å². The molecule has 6 N–H and O–H groups in total. The molecule has 0 radical (unpaired) electrons. The monoisotopic (exact) mass is 261 g/mol. The third kappa shape index (κ3) is 2.63. The average molecular weight is 261 g/mol. The molecule has 0 aromatic heterocycles. The van der Waals surface area contributed by atoms with Gasteiger partial charge in [-0.05, 0) is 12.1 Å². The zero-order valence-corrected chi connectivity index (χ0v) is 8.95. The number of hydrogen-bond acceptors (Lipinski definition) is 6. The third-order valence-electron chi connectivity index (χ3n) is 2.19. The highest BCUT2D eigenvalue weighted by Gasteiger charge is 2.34. The van der Waals surface area contributed by atoms with Crippen LogP contribution < -0.4 is 27.1 Å². The largest absolute Gasteiger partial charge is 0.573 e. The Hall–Kier alpha value is -2.00. The molecule has 9 heteroatoms. The molecule has 0 aliphatic carbocycles. The lowest BCUT2D eigenvalue weighted by atomic mass is 10.1. The fraction of sp³-hybridized carbons (Fsp3) is 0.222. The van der Waals surface area contributed by atoms with Crippen molar-refractivity contribution >= 4 is 5.96 Å². The maximum absolute atomic E-state index is 12.1. The maximum atomic E-state index is 12.1. The van der Waals surface area contributed by atoms with E-state index < -0.39 is 12.1 Å². The van der Waals surface area contributed by atoms with Gasteiger partial charge in [-0.1, -0.05) is 12.1 Å². The first kappa shape index (κ1) is 12.5. The van der Waals surface area contributed by atoms with E-state index in [2.05, 4.69) is 20.6 Å². The third-order valence-corrected chi connectivity index (χ3v) is 2.19. The summed E-state index contributed by atoms with van der Waals surface area (Å²) in [5.41, 5.74) is 16.5. The van der Waals surface area contributed by atoms with Crippen molar-refractivity contribution in [3.05, 3.63) is 29.8 Å². The molecule has 2 rings (SSSR count). The van der Waals surface area contributed by atoms with Crippen LogP contribution in [0.5, 0.6) is 5.75 Å². The standard InChI is InChI=1S/C9H10F3N5O/c10-9(11,12)18-6-3-1-2-5(4-6)8(14)15-7(13)16-17-8/h1-4,17H,14H2,(H3,13,15,16). The number of hydrazine groups is 1. The van der Waals surface area contributed by atoms with Crippen LogP contribution in [0.2, 0.25) is 0 Å². The number of ether oxygens (including phenoxy) is 1. The van der Waals surface area contributed by atoms with Crippen LogP contribution in [0, 0.1) is 0 Å². The van der Waals surface area contributed by atoms with E-state index >= 15 is 0 Å². The molecule has 0 saturated carbocycles. The first-order chi connectivity index (χ1) is 8.28. The first-order valence-electron chi connectivity index (χ1n) is 4.82. The molecule has 1 atom stereocenters. The number of halogens is 3. The van der Waals surface area contributed by atoms with Crippen LogP contribution in [0.3, 0.4) is 0 Å². The van der Waals surface area contributed by atoms with Crippen molar-refractivity contribution in [3.8, 4) is 5.75 Å². The van der Waals surface area contributed by atoms with Crippen molar-refractivity contribution < 1.29 is 17.9 Å². The topological polar surface area (TPSA) is 97.7 Å². The van der Waals surface area contributed by atoms with Crippen molar-refractivity contribution in [2.75, 3.05) is 0 Å². The second-order valence-corrected chi connectivity index (χ2v) is 3.59. The molecule has 0 fully saturated rings. The molecular formula is C9H10F3N5O. The van der Waals surface area contributed by atoms with E-state index in [1.54, 1.807) is 0 Å². The molecule has 0 spiro atoms. The predicted molar refractivity (Wildman–Crippen MR) is 56.9 cm³/mol. The first-order valence-corrected chi connectivity index (χ1v) is 4.82. The van der Waals surface area contributed by atoms with Crippen molar-refractivity contribution in [1.29, 1.82) is 0 Å². The minimum absolute atomic E-state index is 0.0413. The van der Waals surface area contributed by atoms with Crippen LogP contribution in [-0.2, 0) is 5.79 Å². The zero-order valence-electron chi connectivity index (χ0n) is 8.95. The summed E-state index contributed by atoms with van der Waals surface area (Å²) >= 11 is 0. The molecule has 98 valence electrons. The van der Waals surface area contributed by atoms with E-state index in [9.17, 15) is 13.2 Å². The highest BCUT2D eigenvalue weighted by molar-refractivity contribution is 5.79. The number of nitrogens with zero attached hydrogens (tertiary/aromatic N) is 1. The van der Waals surface area contributed by atoms with Gasteiger partial charge in [-0.25, -0.2) is 4.99 Å². The molecule has 1 aliphatic rings. The second-order valence-electron chi connectivity index (χ2n) is 3.59. The van der Waals surface area contributed by atoms with Crippen LogP contribution in [0.4, 0.5) is 13.2 Å². The maximum Gasteiger partial charge on any atom is 0.573 e. The highest BCUT2D eigenvalue weighted by atomic mass is 19.4.